The smallest absolute Gasteiger partial charge is 0.282 e. The number of hydrogen-bond donors (Lipinski definition) is 2. The maximum Gasteiger partial charge on any atom is 0.282 e. The Balaban J connectivity index is 1.96. The van der Waals surface area contributed by atoms with Gasteiger partial charge in [0.05, 0.1) is 6.04 Å². The van der Waals surface area contributed by atoms with Crippen molar-refractivity contribution in [3.63, 3.8) is 0 Å². The highest BCUT2D eigenvalue weighted by Crippen LogP contribution is 2.17. The topological polar surface area (TPSA) is 66.9 Å². The van der Waals surface area contributed by atoms with Gasteiger partial charge in [0.15, 0.2) is 0 Å². The highest BCUT2D eigenvalue weighted by atomic mass is 32.1. The standard InChI is InChI=1S/C14H18N4OS/c1-3-9-15-14-18-17-13(20-14)12(19)16-10(2)11-7-5-4-6-8-11/h4-8,10H,3,9H2,1-2H3,(H,15,18)(H,16,19). The molecule has 5 nitrogen and oxygen atoms in total. The monoisotopic (exact) mass is 290 g/mol. The molecule has 1 unspecified atom stereocenters. The molecule has 1 heterocycles. The van der Waals surface area contributed by atoms with Crippen molar-refractivity contribution in [1.29, 1.82) is 0 Å². The van der Waals surface area contributed by atoms with Gasteiger partial charge in [0.2, 0.25) is 10.1 Å². The third kappa shape index (κ3) is 3.77. The average molecular weight is 290 g/mol. The molecule has 0 saturated heterocycles. The molecule has 1 aromatic carbocycles. The Morgan fingerprint density at radius 1 is 1.30 bits per heavy atom. The Bertz CT molecular complexity index is 555. The summed E-state index contributed by atoms with van der Waals surface area (Å²) < 4.78 is 0. The molecule has 2 rings (SSSR count). The van der Waals surface area contributed by atoms with Crippen molar-refractivity contribution < 1.29 is 4.79 Å². The number of carbonyl (C=O) groups is 1. The van der Waals surface area contributed by atoms with Crippen LogP contribution >= 0.6 is 11.3 Å². The molecule has 1 atom stereocenters. The maximum atomic E-state index is 12.1. The summed E-state index contributed by atoms with van der Waals surface area (Å²) in [7, 11) is 0. The second-order valence-electron chi connectivity index (χ2n) is 4.44. The van der Waals surface area contributed by atoms with Crippen LogP contribution in [0.5, 0.6) is 0 Å². The molecule has 0 radical (unpaired) electrons. The lowest BCUT2D eigenvalue weighted by molar-refractivity contribution is 0.0939. The Labute approximate surface area is 122 Å². The maximum absolute atomic E-state index is 12.1. The molecular weight excluding hydrogens is 272 g/mol. The summed E-state index contributed by atoms with van der Waals surface area (Å²) in [5, 5.41) is 15.0. The summed E-state index contributed by atoms with van der Waals surface area (Å²) in [5.74, 6) is -0.191. The Hall–Kier alpha value is -1.95. The largest absolute Gasteiger partial charge is 0.360 e. The minimum absolute atomic E-state index is 0.0559. The molecule has 20 heavy (non-hydrogen) atoms. The summed E-state index contributed by atoms with van der Waals surface area (Å²) in [6.07, 6.45) is 1.01. The third-order valence-electron chi connectivity index (χ3n) is 2.79. The van der Waals surface area contributed by atoms with Crippen LogP contribution in [0.3, 0.4) is 0 Å². The summed E-state index contributed by atoms with van der Waals surface area (Å²) in [6, 6.07) is 9.78. The lowest BCUT2D eigenvalue weighted by Gasteiger charge is -2.12. The zero-order chi connectivity index (χ0) is 14.4. The molecule has 0 bridgehead atoms. The first kappa shape index (κ1) is 14.5. The molecular formula is C14H18N4OS. The molecule has 2 N–H and O–H groups in total. The Morgan fingerprint density at radius 3 is 2.75 bits per heavy atom. The van der Waals surface area contributed by atoms with Crippen LogP contribution < -0.4 is 10.6 Å². The summed E-state index contributed by atoms with van der Waals surface area (Å²) in [5.41, 5.74) is 1.06. The first-order chi connectivity index (χ1) is 9.70. The zero-order valence-corrected chi connectivity index (χ0v) is 12.4. The van der Waals surface area contributed by atoms with Crippen LogP contribution in [-0.2, 0) is 0 Å². The number of benzene rings is 1. The molecule has 0 fully saturated rings. The van der Waals surface area contributed by atoms with Gasteiger partial charge in [-0.25, -0.2) is 0 Å². The minimum Gasteiger partial charge on any atom is -0.360 e. The van der Waals surface area contributed by atoms with Crippen molar-refractivity contribution >= 4 is 22.4 Å². The van der Waals surface area contributed by atoms with Crippen LogP contribution in [-0.4, -0.2) is 22.6 Å². The second kappa shape index (κ2) is 7.00. The van der Waals surface area contributed by atoms with E-state index < -0.39 is 0 Å². The van der Waals surface area contributed by atoms with Crippen molar-refractivity contribution in [3.8, 4) is 0 Å². The van der Waals surface area contributed by atoms with Crippen LogP contribution in [0.25, 0.3) is 0 Å². The van der Waals surface area contributed by atoms with E-state index in [0.29, 0.717) is 10.1 Å². The van der Waals surface area contributed by atoms with Crippen molar-refractivity contribution in [1.82, 2.24) is 15.5 Å². The predicted molar refractivity (Wildman–Crippen MR) is 81.0 cm³/mol. The minimum atomic E-state index is -0.191. The van der Waals surface area contributed by atoms with Crippen LogP contribution in [0.2, 0.25) is 0 Å². The van der Waals surface area contributed by atoms with Gasteiger partial charge in [0.1, 0.15) is 0 Å². The summed E-state index contributed by atoms with van der Waals surface area (Å²) in [6.45, 7) is 4.85. The van der Waals surface area contributed by atoms with Crippen molar-refractivity contribution in [2.75, 3.05) is 11.9 Å². The number of amides is 1. The summed E-state index contributed by atoms with van der Waals surface area (Å²) in [4.78, 5) is 12.1. The van der Waals surface area contributed by atoms with E-state index in [1.807, 2.05) is 37.3 Å². The molecule has 0 aliphatic heterocycles. The summed E-state index contributed by atoms with van der Waals surface area (Å²) >= 11 is 1.27. The van der Waals surface area contributed by atoms with Gasteiger partial charge >= 0.3 is 0 Å². The first-order valence-electron chi connectivity index (χ1n) is 6.64. The van der Waals surface area contributed by atoms with Gasteiger partial charge in [-0.05, 0) is 18.9 Å². The number of aromatic nitrogens is 2. The fourth-order valence-corrected chi connectivity index (χ4v) is 2.37. The predicted octanol–water partition coefficient (Wildman–Crippen LogP) is 2.85. The van der Waals surface area contributed by atoms with Gasteiger partial charge in [-0.15, -0.1) is 10.2 Å². The van der Waals surface area contributed by atoms with Crippen molar-refractivity contribution in [3.05, 3.63) is 40.9 Å². The molecule has 0 aliphatic rings. The SMILES string of the molecule is CCCNc1nnc(C(=O)NC(C)c2ccccc2)s1. The molecule has 0 saturated carbocycles. The molecule has 1 amide bonds. The molecule has 106 valence electrons. The van der Waals surface area contributed by atoms with E-state index in [0.717, 1.165) is 18.5 Å². The van der Waals surface area contributed by atoms with Crippen molar-refractivity contribution in [2.24, 2.45) is 0 Å². The van der Waals surface area contributed by atoms with Crippen molar-refractivity contribution in [2.45, 2.75) is 26.3 Å². The lowest BCUT2D eigenvalue weighted by atomic mass is 10.1. The van der Waals surface area contributed by atoms with Gasteiger partial charge < -0.3 is 10.6 Å². The highest BCUT2D eigenvalue weighted by Gasteiger charge is 2.15. The third-order valence-corrected chi connectivity index (χ3v) is 3.67. The number of carbonyl (C=O) groups excluding carboxylic acids is 1. The average Bonchev–Trinajstić information content (AvgIpc) is 2.95. The van der Waals surface area contributed by atoms with Gasteiger partial charge in [-0.1, -0.05) is 48.6 Å². The normalized spacial score (nSPS) is 11.9. The fraction of sp³-hybridized carbons (Fsp3) is 0.357. The van der Waals surface area contributed by atoms with E-state index in [4.69, 9.17) is 0 Å². The van der Waals surface area contributed by atoms with Gasteiger partial charge in [-0.3, -0.25) is 4.79 Å². The van der Waals surface area contributed by atoms with E-state index in [-0.39, 0.29) is 11.9 Å². The molecule has 1 aromatic heterocycles. The van der Waals surface area contributed by atoms with Gasteiger partial charge in [0, 0.05) is 6.54 Å². The molecule has 0 spiro atoms. The Kier molecular flexibility index (Phi) is 5.06. The zero-order valence-electron chi connectivity index (χ0n) is 11.6. The second-order valence-corrected chi connectivity index (χ2v) is 5.42. The molecule has 0 aliphatic carbocycles. The number of nitrogens with zero attached hydrogens (tertiary/aromatic N) is 2. The lowest BCUT2D eigenvalue weighted by Crippen LogP contribution is -2.26. The fourth-order valence-electron chi connectivity index (χ4n) is 1.70. The Morgan fingerprint density at radius 2 is 2.05 bits per heavy atom. The molecule has 6 heteroatoms. The van der Waals surface area contributed by atoms with Crippen LogP contribution in [0.4, 0.5) is 5.13 Å². The van der Waals surface area contributed by atoms with E-state index >= 15 is 0 Å². The van der Waals surface area contributed by atoms with Crippen LogP contribution in [0.15, 0.2) is 30.3 Å². The highest BCUT2D eigenvalue weighted by molar-refractivity contribution is 7.17. The van der Waals surface area contributed by atoms with E-state index in [1.54, 1.807) is 0 Å². The van der Waals surface area contributed by atoms with Gasteiger partial charge in [0.25, 0.3) is 5.91 Å². The number of anilines is 1. The van der Waals surface area contributed by atoms with E-state index in [1.165, 1.54) is 11.3 Å². The number of rotatable bonds is 6. The molecule has 2 aromatic rings. The quantitative estimate of drug-likeness (QED) is 0.858. The van der Waals surface area contributed by atoms with Gasteiger partial charge in [-0.2, -0.15) is 0 Å². The van der Waals surface area contributed by atoms with Crippen LogP contribution in [0, 0.1) is 0 Å². The number of nitrogens with one attached hydrogen (secondary N) is 2. The van der Waals surface area contributed by atoms with Crippen LogP contribution in [0.1, 0.15) is 41.7 Å². The first-order valence-corrected chi connectivity index (χ1v) is 7.45. The number of hydrogen-bond acceptors (Lipinski definition) is 5. The van der Waals surface area contributed by atoms with E-state index in [2.05, 4.69) is 27.8 Å². The van der Waals surface area contributed by atoms with E-state index in [9.17, 15) is 4.79 Å².